The summed E-state index contributed by atoms with van der Waals surface area (Å²) in [4.78, 5) is 9.02. The van der Waals surface area contributed by atoms with Gasteiger partial charge < -0.3 is 10.0 Å². The first-order chi connectivity index (χ1) is 8.70. The molecular weight excluding hydrogens is 226 g/mol. The Bertz CT molecular complexity index is 373. The number of aliphatic hydroxyl groups excluding tert-OH is 1. The third-order valence-corrected chi connectivity index (χ3v) is 3.57. The number of pyridine rings is 1. The van der Waals surface area contributed by atoms with E-state index in [9.17, 15) is 0 Å². The van der Waals surface area contributed by atoms with Gasteiger partial charge in [-0.25, -0.2) is 0 Å². The monoisotopic (exact) mass is 249 g/mol. The molecule has 1 aliphatic heterocycles. The van der Waals surface area contributed by atoms with Crippen LogP contribution >= 0.6 is 0 Å². The Labute approximate surface area is 109 Å². The number of anilines is 1. The maximum Gasteiger partial charge on any atom is 0.0558 e. The van der Waals surface area contributed by atoms with Crippen LogP contribution < -0.4 is 4.90 Å². The Morgan fingerprint density at radius 2 is 1.94 bits per heavy atom. The Balaban J connectivity index is 1.98. The molecule has 0 atom stereocenters. The topological polar surface area (TPSA) is 39.6 Å². The predicted molar refractivity (Wildman–Crippen MR) is 74.1 cm³/mol. The molecule has 0 unspecified atom stereocenters. The minimum atomic E-state index is 0.254. The molecule has 0 bridgehead atoms. The molecule has 1 fully saturated rings. The predicted octanol–water partition coefficient (Wildman–Crippen LogP) is 1.32. The molecule has 1 aromatic rings. The van der Waals surface area contributed by atoms with Crippen LogP contribution in [-0.4, -0.2) is 54.3 Å². The first-order valence-corrected chi connectivity index (χ1v) is 6.74. The Kier molecular flexibility index (Phi) is 4.55. The lowest BCUT2D eigenvalue weighted by Gasteiger charge is -2.35. The zero-order valence-corrected chi connectivity index (χ0v) is 11.3. The van der Waals surface area contributed by atoms with Crippen LogP contribution in [0.4, 0.5) is 5.69 Å². The fraction of sp³-hybridized carbons (Fsp3) is 0.643. The van der Waals surface area contributed by atoms with Crippen molar-refractivity contribution >= 4 is 5.69 Å². The number of rotatable bonds is 4. The average molecular weight is 249 g/mol. The Hall–Kier alpha value is -1.13. The third-order valence-electron chi connectivity index (χ3n) is 3.57. The summed E-state index contributed by atoms with van der Waals surface area (Å²) in [5.74, 6) is 0.521. The van der Waals surface area contributed by atoms with Gasteiger partial charge in [-0.3, -0.25) is 9.88 Å². The molecule has 0 aromatic carbocycles. The van der Waals surface area contributed by atoms with Gasteiger partial charge in [0, 0.05) is 38.9 Å². The highest BCUT2D eigenvalue weighted by Gasteiger charge is 2.17. The number of aliphatic hydroxyl groups is 1. The summed E-state index contributed by atoms with van der Waals surface area (Å²) >= 11 is 0. The van der Waals surface area contributed by atoms with Crippen molar-refractivity contribution in [3.63, 3.8) is 0 Å². The largest absolute Gasteiger partial charge is 0.395 e. The average Bonchev–Trinajstić information content (AvgIpc) is 2.40. The highest BCUT2D eigenvalue weighted by molar-refractivity contribution is 5.47. The second kappa shape index (κ2) is 6.16. The molecule has 0 aliphatic carbocycles. The van der Waals surface area contributed by atoms with Crippen molar-refractivity contribution < 1.29 is 5.11 Å². The van der Waals surface area contributed by atoms with Crippen molar-refractivity contribution in [3.8, 4) is 0 Å². The molecule has 0 radical (unpaired) electrons. The third kappa shape index (κ3) is 3.21. The van der Waals surface area contributed by atoms with Crippen LogP contribution in [0.5, 0.6) is 0 Å². The van der Waals surface area contributed by atoms with E-state index in [4.69, 9.17) is 5.11 Å². The van der Waals surface area contributed by atoms with Gasteiger partial charge in [0.25, 0.3) is 0 Å². The quantitative estimate of drug-likeness (QED) is 0.873. The van der Waals surface area contributed by atoms with Crippen LogP contribution in [0.25, 0.3) is 0 Å². The number of hydrogen-bond donors (Lipinski definition) is 1. The van der Waals surface area contributed by atoms with Crippen LogP contribution in [0.15, 0.2) is 18.5 Å². The molecule has 0 saturated carbocycles. The molecule has 1 N–H and O–H groups in total. The van der Waals surface area contributed by atoms with E-state index in [2.05, 4.69) is 34.7 Å². The molecule has 4 nitrogen and oxygen atoms in total. The molecule has 2 heterocycles. The lowest BCUT2D eigenvalue weighted by atomic mass is 10.1. The van der Waals surface area contributed by atoms with Gasteiger partial charge >= 0.3 is 0 Å². The molecule has 1 aromatic heterocycles. The first-order valence-electron chi connectivity index (χ1n) is 6.74. The van der Waals surface area contributed by atoms with Crippen molar-refractivity contribution in [2.45, 2.75) is 19.8 Å². The lowest BCUT2D eigenvalue weighted by molar-refractivity contribution is 0.189. The zero-order valence-electron chi connectivity index (χ0n) is 11.3. The fourth-order valence-electron chi connectivity index (χ4n) is 2.30. The Morgan fingerprint density at radius 3 is 2.56 bits per heavy atom. The normalized spacial score (nSPS) is 17.4. The molecule has 18 heavy (non-hydrogen) atoms. The molecule has 4 heteroatoms. The minimum absolute atomic E-state index is 0.254. The van der Waals surface area contributed by atoms with E-state index in [0.29, 0.717) is 5.92 Å². The summed E-state index contributed by atoms with van der Waals surface area (Å²) < 4.78 is 0. The summed E-state index contributed by atoms with van der Waals surface area (Å²) in [6, 6.07) is 2.25. The maximum atomic E-state index is 8.93. The second-order valence-corrected chi connectivity index (χ2v) is 5.18. The summed E-state index contributed by atoms with van der Waals surface area (Å²) in [5.41, 5.74) is 2.52. The molecule has 100 valence electrons. The van der Waals surface area contributed by atoms with Gasteiger partial charge in [-0.1, -0.05) is 13.8 Å². The summed E-state index contributed by atoms with van der Waals surface area (Å²) in [6.07, 6.45) is 3.91. The summed E-state index contributed by atoms with van der Waals surface area (Å²) in [7, 11) is 0. The van der Waals surface area contributed by atoms with E-state index in [1.165, 1.54) is 11.3 Å². The fourth-order valence-corrected chi connectivity index (χ4v) is 2.30. The molecule has 0 amide bonds. The van der Waals surface area contributed by atoms with Crippen LogP contribution in [-0.2, 0) is 0 Å². The zero-order chi connectivity index (χ0) is 13.0. The van der Waals surface area contributed by atoms with Gasteiger partial charge in [0.1, 0.15) is 0 Å². The summed E-state index contributed by atoms with van der Waals surface area (Å²) in [6.45, 7) is 9.51. The highest BCUT2D eigenvalue weighted by atomic mass is 16.3. The first kappa shape index (κ1) is 13.3. The van der Waals surface area contributed by atoms with Crippen molar-refractivity contribution in [2.75, 3.05) is 44.2 Å². The summed E-state index contributed by atoms with van der Waals surface area (Å²) in [5, 5.41) is 8.93. The number of β-amino-alcohol motifs (C(OH)–C–C–N with tert-alkyl or cyclic N) is 1. The number of nitrogens with zero attached hydrogens (tertiary/aromatic N) is 3. The van der Waals surface area contributed by atoms with Gasteiger partial charge in [0.05, 0.1) is 18.5 Å². The van der Waals surface area contributed by atoms with Crippen LogP contribution in [0.1, 0.15) is 25.3 Å². The van der Waals surface area contributed by atoms with Crippen molar-refractivity contribution in [2.24, 2.45) is 0 Å². The van der Waals surface area contributed by atoms with E-state index in [0.717, 1.165) is 32.7 Å². The van der Waals surface area contributed by atoms with E-state index in [-0.39, 0.29) is 6.61 Å². The maximum absolute atomic E-state index is 8.93. The molecule has 1 saturated heterocycles. The molecule has 0 spiro atoms. The smallest absolute Gasteiger partial charge is 0.0558 e. The number of piperazine rings is 1. The van der Waals surface area contributed by atoms with E-state index in [1.54, 1.807) is 0 Å². The van der Waals surface area contributed by atoms with E-state index in [1.807, 2.05) is 12.4 Å². The molecular formula is C14H23N3O. The van der Waals surface area contributed by atoms with E-state index >= 15 is 0 Å². The van der Waals surface area contributed by atoms with Gasteiger partial charge in [0.2, 0.25) is 0 Å². The molecule has 1 aliphatic rings. The van der Waals surface area contributed by atoms with Gasteiger partial charge in [-0.15, -0.1) is 0 Å². The van der Waals surface area contributed by atoms with E-state index < -0.39 is 0 Å². The van der Waals surface area contributed by atoms with Gasteiger partial charge in [-0.05, 0) is 17.5 Å². The Morgan fingerprint density at radius 1 is 1.22 bits per heavy atom. The van der Waals surface area contributed by atoms with Crippen molar-refractivity contribution in [3.05, 3.63) is 24.0 Å². The van der Waals surface area contributed by atoms with Crippen LogP contribution in [0.3, 0.4) is 0 Å². The number of aromatic nitrogens is 1. The highest BCUT2D eigenvalue weighted by Crippen LogP contribution is 2.21. The number of hydrogen-bond acceptors (Lipinski definition) is 4. The van der Waals surface area contributed by atoms with Crippen molar-refractivity contribution in [1.29, 1.82) is 0 Å². The van der Waals surface area contributed by atoms with Crippen LogP contribution in [0.2, 0.25) is 0 Å². The minimum Gasteiger partial charge on any atom is -0.395 e. The molecule has 2 rings (SSSR count). The standard InChI is InChI=1S/C14H23N3O/c1-12(2)13-9-14(11-15-10-13)17-5-3-16(4-6-17)7-8-18/h9-12,18H,3-8H2,1-2H3. The SMILES string of the molecule is CC(C)c1cncc(N2CCN(CCO)CC2)c1. The van der Waals surface area contributed by atoms with Crippen molar-refractivity contribution in [1.82, 2.24) is 9.88 Å². The van der Waals surface area contributed by atoms with Gasteiger partial charge in [-0.2, -0.15) is 0 Å². The lowest BCUT2D eigenvalue weighted by Crippen LogP contribution is -2.47. The van der Waals surface area contributed by atoms with Gasteiger partial charge in [0.15, 0.2) is 0 Å². The second-order valence-electron chi connectivity index (χ2n) is 5.18. The van der Waals surface area contributed by atoms with Crippen LogP contribution in [0, 0.1) is 0 Å².